The van der Waals surface area contributed by atoms with Crippen molar-refractivity contribution >= 4 is 29.5 Å². The van der Waals surface area contributed by atoms with E-state index in [9.17, 15) is 4.79 Å². The third kappa shape index (κ3) is 3.58. The van der Waals surface area contributed by atoms with Gasteiger partial charge in [-0.05, 0) is 36.2 Å². The second-order valence-electron chi connectivity index (χ2n) is 5.14. The minimum atomic E-state index is -0.202. The van der Waals surface area contributed by atoms with E-state index < -0.39 is 0 Å². The van der Waals surface area contributed by atoms with Crippen LogP contribution < -0.4 is 5.32 Å². The summed E-state index contributed by atoms with van der Waals surface area (Å²) in [6.45, 7) is 6.16. The monoisotopic (exact) mass is 341 g/mol. The molecule has 1 amide bonds. The standard InChI is InChI=1S/C17H19N5OS/c1-3-21(4-2)24-14-10-11-15-19-20-17(22(15)12-14)18-16(23)13-8-6-5-7-9-13/h5-12H,3-4H2,1-2H3,(H,18,20,23). The number of carbonyl (C=O) groups excluding carboxylic acids is 1. The van der Waals surface area contributed by atoms with Gasteiger partial charge in [-0.3, -0.25) is 14.5 Å². The fourth-order valence-electron chi connectivity index (χ4n) is 2.28. The first-order valence-corrected chi connectivity index (χ1v) is 8.62. The van der Waals surface area contributed by atoms with Gasteiger partial charge in [0, 0.05) is 29.7 Å². The van der Waals surface area contributed by atoms with Crippen LogP contribution in [0, 0.1) is 0 Å². The lowest BCUT2D eigenvalue weighted by atomic mass is 10.2. The molecule has 24 heavy (non-hydrogen) atoms. The highest BCUT2D eigenvalue weighted by Crippen LogP contribution is 2.23. The van der Waals surface area contributed by atoms with Crippen molar-refractivity contribution in [2.45, 2.75) is 18.7 Å². The van der Waals surface area contributed by atoms with Crippen molar-refractivity contribution in [3.63, 3.8) is 0 Å². The Labute approximate surface area is 145 Å². The molecule has 3 rings (SSSR count). The number of benzene rings is 1. The second-order valence-corrected chi connectivity index (χ2v) is 6.31. The molecule has 0 unspecified atom stereocenters. The van der Waals surface area contributed by atoms with E-state index in [0.29, 0.717) is 17.2 Å². The number of amides is 1. The van der Waals surface area contributed by atoms with E-state index in [1.165, 1.54) is 0 Å². The summed E-state index contributed by atoms with van der Waals surface area (Å²) in [4.78, 5) is 13.4. The maximum Gasteiger partial charge on any atom is 0.258 e. The molecule has 7 heteroatoms. The first-order chi connectivity index (χ1) is 11.7. The van der Waals surface area contributed by atoms with E-state index in [4.69, 9.17) is 0 Å². The third-order valence-electron chi connectivity index (χ3n) is 3.58. The minimum Gasteiger partial charge on any atom is -0.290 e. The van der Waals surface area contributed by atoms with E-state index in [2.05, 4.69) is 33.7 Å². The molecule has 0 saturated carbocycles. The third-order valence-corrected chi connectivity index (χ3v) is 4.80. The zero-order valence-electron chi connectivity index (χ0n) is 13.6. The summed E-state index contributed by atoms with van der Waals surface area (Å²) in [5, 5.41) is 11.0. The lowest BCUT2D eigenvalue weighted by Crippen LogP contribution is -2.15. The summed E-state index contributed by atoms with van der Waals surface area (Å²) in [5.41, 5.74) is 1.28. The highest BCUT2D eigenvalue weighted by atomic mass is 32.2. The predicted octanol–water partition coefficient (Wildman–Crippen LogP) is 3.33. The van der Waals surface area contributed by atoms with Gasteiger partial charge >= 0.3 is 0 Å². The summed E-state index contributed by atoms with van der Waals surface area (Å²) >= 11 is 1.68. The summed E-state index contributed by atoms with van der Waals surface area (Å²) in [6.07, 6.45) is 1.94. The van der Waals surface area contributed by atoms with E-state index in [0.717, 1.165) is 18.0 Å². The van der Waals surface area contributed by atoms with Gasteiger partial charge in [-0.2, -0.15) is 0 Å². The maximum absolute atomic E-state index is 12.3. The van der Waals surface area contributed by atoms with Crippen molar-refractivity contribution in [3.8, 4) is 0 Å². The molecule has 1 N–H and O–H groups in total. The molecule has 0 spiro atoms. The molecular weight excluding hydrogens is 322 g/mol. The zero-order valence-corrected chi connectivity index (χ0v) is 14.5. The van der Waals surface area contributed by atoms with Crippen LogP contribution in [0.5, 0.6) is 0 Å². The van der Waals surface area contributed by atoms with Gasteiger partial charge in [-0.1, -0.05) is 32.0 Å². The Morgan fingerprint density at radius 2 is 1.88 bits per heavy atom. The molecule has 0 bridgehead atoms. The van der Waals surface area contributed by atoms with Gasteiger partial charge in [-0.15, -0.1) is 10.2 Å². The Kier molecular flexibility index (Phi) is 5.12. The van der Waals surface area contributed by atoms with Crippen molar-refractivity contribution in [1.29, 1.82) is 0 Å². The van der Waals surface area contributed by atoms with Crippen molar-refractivity contribution in [3.05, 3.63) is 54.2 Å². The molecule has 0 aliphatic rings. The van der Waals surface area contributed by atoms with Gasteiger partial charge < -0.3 is 0 Å². The Bertz CT molecular complexity index is 829. The number of hydrogen-bond acceptors (Lipinski definition) is 5. The largest absolute Gasteiger partial charge is 0.290 e. The number of nitrogens with one attached hydrogen (secondary N) is 1. The van der Waals surface area contributed by atoms with Crippen LogP contribution in [0.25, 0.3) is 5.65 Å². The predicted molar refractivity (Wildman–Crippen MR) is 96.2 cm³/mol. The molecule has 0 aliphatic carbocycles. The SMILES string of the molecule is CCN(CC)Sc1ccc2nnc(NC(=O)c3ccccc3)n2c1. The van der Waals surface area contributed by atoms with Crippen LogP contribution in [-0.2, 0) is 0 Å². The molecule has 0 aliphatic heterocycles. The topological polar surface area (TPSA) is 62.5 Å². The van der Waals surface area contributed by atoms with Gasteiger partial charge in [0.15, 0.2) is 5.65 Å². The summed E-state index contributed by atoms with van der Waals surface area (Å²) in [7, 11) is 0. The Hall–Kier alpha value is -2.38. The maximum atomic E-state index is 12.3. The van der Waals surface area contributed by atoms with Gasteiger partial charge in [-0.25, -0.2) is 4.31 Å². The van der Waals surface area contributed by atoms with Crippen molar-refractivity contribution in [2.75, 3.05) is 18.4 Å². The Morgan fingerprint density at radius 3 is 2.58 bits per heavy atom. The molecule has 2 heterocycles. The highest BCUT2D eigenvalue weighted by molar-refractivity contribution is 7.97. The van der Waals surface area contributed by atoms with Crippen molar-refractivity contribution in [2.24, 2.45) is 0 Å². The molecule has 6 nitrogen and oxygen atoms in total. The summed E-state index contributed by atoms with van der Waals surface area (Å²) < 4.78 is 4.04. The number of hydrogen-bond donors (Lipinski definition) is 1. The number of pyridine rings is 1. The molecule has 0 atom stereocenters. The zero-order chi connectivity index (χ0) is 16.9. The van der Waals surface area contributed by atoms with Crippen LogP contribution in [-0.4, -0.2) is 37.9 Å². The molecular formula is C17H19N5OS. The minimum absolute atomic E-state index is 0.202. The van der Waals surface area contributed by atoms with Crippen LogP contribution in [0.15, 0.2) is 53.6 Å². The normalized spacial score (nSPS) is 11.1. The number of nitrogens with zero attached hydrogens (tertiary/aromatic N) is 4. The number of fused-ring (bicyclic) bond motifs is 1. The van der Waals surface area contributed by atoms with E-state index >= 15 is 0 Å². The smallest absolute Gasteiger partial charge is 0.258 e. The van der Waals surface area contributed by atoms with Crippen LogP contribution >= 0.6 is 11.9 Å². The van der Waals surface area contributed by atoms with Crippen LogP contribution in [0.4, 0.5) is 5.95 Å². The fraction of sp³-hybridized carbons (Fsp3) is 0.235. The quantitative estimate of drug-likeness (QED) is 0.697. The van der Waals surface area contributed by atoms with Crippen LogP contribution in [0.3, 0.4) is 0 Å². The van der Waals surface area contributed by atoms with Gasteiger partial charge in [0.2, 0.25) is 5.95 Å². The van der Waals surface area contributed by atoms with Crippen LogP contribution in [0.1, 0.15) is 24.2 Å². The first-order valence-electron chi connectivity index (χ1n) is 7.85. The molecule has 1 aromatic carbocycles. The van der Waals surface area contributed by atoms with Gasteiger partial charge in [0.05, 0.1) is 0 Å². The number of rotatable bonds is 6. The molecule has 124 valence electrons. The van der Waals surface area contributed by atoms with Crippen molar-refractivity contribution in [1.82, 2.24) is 18.9 Å². The average molecular weight is 341 g/mol. The first kappa shape index (κ1) is 16.5. The lowest BCUT2D eigenvalue weighted by molar-refractivity contribution is 0.102. The lowest BCUT2D eigenvalue weighted by Gasteiger charge is -2.16. The molecule has 0 fully saturated rings. The number of carbonyl (C=O) groups is 1. The average Bonchev–Trinajstić information content (AvgIpc) is 3.02. The Balaban J connectivity index is 1.84. The van der Waals surface area contributed by atoms with E-state index in [1.807, 2.05) is 36.5 Å². The van der Waals surface area contributed by atoms with E-state index in [1.54, 1.807) is 28.5 Å². The number of anilines is 1. The van der Waals surface area contributed by atoms with Gasteiger partial charge in [0.25, 0.3) is 5.91 Å². The highest BCUT2D eigenvalue weighted by Gasteiger charge is 2.12. The number of aromatic nitrogens is 3. The Morgan fingerprint density at radius 1 is 1.12 bits per heavy atom. The molecule has 3 aromatic rings. The van der Waals surface area contributed by atoms with Crippen molar-refractivity contribution < 1.29 is 4.79 Å². The molecule has 0 radical (unpaired) electrons. The van der Waals surface area contributed by atoms with Crippen LogP contribution in [0.2, 0.25) is 0 Å². The summed E-state index contributed by atoms with van der Waals surface area (Å²) in [5.74, 6) is 0.215. The van der Waals surface area contributed by atoms with E-state index in [-0.39, 0.29) is 5.91 Å². The molecule has 2 aromatic heterocycles. The van der Waals surface area contributed by atoms with Gasteiger partial charge in [0.1, 0.15) is 0 Å². The second kappa shape index (κ2) is 7.46. The summed E-state index contributed by atoms with van der Waals surface area (Å²) in [6, 6.07) is 13.0. The molecule has 0 saturated heterocycles. The fourth-order valence-corrected chi connectivity index (χ4v) is 3.11.